The fourth-order valence-electron chi connectivity index (χ4n) is 10.4. The van der Waals surface area contributed by atoms with Crippen LogP contribution in [-0.2, 0) is 23.7 Å². The molecule has 11 rings (SSSR count). The molecule has 0 unspecified atom stereocenters. The number of aromatic nitrogens is 9. The van der Waals surface area contributed by atoms with Gasteiger partial charge in [-0.3, -0.25) is 32.8 Å². The zero-order valence-electron chi connectivity index (χ0n) is 36.3. The minimum Gasteiger partial charge on any atom is -0.376 e. The second-order valence-electron chi connectivity index (χ2n) is 18.3. The van der Waals surface area contributed by atoms with Gasteiger partial charge in [0.1, 0.15) is 17.2 Å². The molecule has 2 atom stereocenters. The fourth-order valence-corrected chi connectivity index (χ4v) is 10.4. The molecule has 2 fully saturated rings. The van der Waals surface area contributed by atoms with Crippen molar-refractivity contribution in [2.24, 2.45) is 7.05 Å². The third kappa shape index (κ3) is 5.99. The van der Waals surface area contributed by atoms with Crippen LogP contribution in [-0.4, -0.2) is 72.8 Å². The van der Waals surface area contributed by atoms with E-state index in [1.807, 2.05) is 17.5 Å². The van der Waals surface area contributed by atoms with Crippen LogP contribution >= 0.6 is 0 Å². The number of benzene rings is 2. The number of halogens is 2. The number of pyridine rings is 1. The zero-order valence-corrected chi connectivity index (χ0v) is 36.3. The minimum atomic E-state index is -0.754. The molecule has 2 aromatic carbocycles. The van der Waals surface area contributed by atoms with Crippen molar-refractivity contribution in [2.75, 3.05) is 13.2 Å². The third-order valence-electron chi connectivity index (χ3n) is 13.8. The topological polar surface area (TPSA) is 155 Å². The summed E-state index contributed by atoms with van der Waals surface area (Å²) in [5.41, 5.74) is 5.01. The zero-order chi connectivity index (χ0) is 44.6. The summed E-state index contributed by atoms with van der Waals surface area (Å²) in [7, 11) is 1.72. The molecule has 1 saturated carbocycles. The molecule has 15 nitrogen and oxygen atoms in total. The van der Waals surface area contributed by atoms with Gasteiger partial charge in [-0.25, -0.2) is 18.4 Å². The smallest absolute Gasteiger partial charge is 0.376 e. The Kier molecular flexibility index (Phi) is 8.77. The predicted octanol–water partition coefficient (Wildman–Crippen LogP) is 7.17. The van der Waals surface area contributed by atoms with Crippen molar-refractivity contribution in [1.82, 2.24) is 48.1 Å². The molecular formula is C47H46F2N10O5. The monoisotopic (exact) mass is 868 g/mol. The van der Waals surface area contributed by atoms with Crippen LogP contribution in [0.15, 0.2) is 81.5 Å². The lowest BCUT2D eigenvalue weighted by atomic mass is 9.84. The summed E-state index contributed by atoms with van der Waals surface area (Å²) in [6.45, 7) is 10.7. The molecule has 8 aromatic rings. The van der Waals surface area contributed by atoms with Gasteiger partial charge in [0.15, 0.2) is 11.6 Å². The number of fused-ring (bicyclic) bond motifs is 3. The Labute approximate surface area is 364 Å². The average molecular weight is 869 g/mol. The quantitative estimate of drug-likeness (QED) is 0.177. The fraction of sp³-hybridized carbons (Fsp3) is 0.362. The van der Waals surface area contributed by atoms with E-state index in [9.17, 15) is 9.59 Å². The van der Waals surface area contributed by atoms with Gasteiger partial charge in [0.05, 0.1) is 63.2 Å². The average Bonchev–Trinajstić information content (AvgIpc) is 3.72. The maximum atomic E-state index is 16.1. The number of imidazole rings is 1. The Balaban J connectivity index is 1.05. The van der Waals surface area contributed by atoms with E-state index in [0.717, 1.165) is 29.5 Å². The Morgan fingerprint density at radius 2 is 1.70 bits per heavy atom. The van der Waals surface area contributed by atoms with Gasteiger partial charge in [-0.05, 0) is 113 Å². The van der Waals surface area contributed by atoms with Gasteiger partial charge in [0, 0.05) is 56.1 Å². The van der Waals surface area contributed by atoms with Crippen molar-refractivity contribution < 1.29 is 22.8 Å². The van der Waals surface area contributed by atoms with Gasteiger partial charge in [-0.15, -0.1) is 0 Å². The molecule has 8 heterocycles. The summed E-state index contributed by atoms with van der Waals surface area (Å²) in [5, 5.41) is 13.7. The van der Waals surface area contributed by atoms with Gasteiger partial charge in [0.2, 0.25) is 0 Å². The molecule has 328 valence electrons. The van der Waals surface area contributed by atoms with Crippen LogP contribution in [0.2, 0.25) is 0 Å². The van der Waals surface area contributed by atoms with Crippen molar-refractivity contribution in [1.29, 1.82) is 0 Å². The largest absolute Gasteiger partial charge is 0.438 e. The van der Waals surface area contributed by atoms with Crippen molar-refractivity contribution >= 4 is 22.3 Å². The lowest BCUT2D eigenvalue weighted by Gasteiger charge is -2.35. The highest BCUT2D eigenvalue weighted by atomic mass is 19.1. The number of aryl methyl sites for hydroxylation is 3. The lowest BCUT2D eigenvalue weighted by molar-refractivity contribution is -0.0593. The second-order valence-corrected chi connectivity index (χ2v) is 18.3. The standard InChI is InChI=1S/C47H46F2N10O5/c1-25-19-30(20-26(2)37(25)48)39-41(58-15-14-57(45(58)62)35-10-9-33-31(38(35)49)22-50-54(33)6)40-27(3)56(16-17-59(40)52-39)42(60)32-24-55-23-29(28-11-18-63-46(4,5)21-28)7-8-34(55)36(32)47(12-13-47)43-51-44(61)64-53-43/h7-10,14-15,19-20,22-24,27-28H,11-13,16-18,21H2,1-6H3,(H,51,53,61)/t27-,28-/m1/s1. The molecule has 17 heteroatoms. The Morgan fingerprint density at radius 3 is 2.42 bits per heavy atom. The first-order valence-electron chi connectivity index (χ1n) is 21.6. The Morgan fingerprint density at radius 1 is 0.953 bits per heavy atom. The number of aromatic amines is 1. The molecule has 0 radical (unpaired) electrons. The van der Waals surface area contributed by atoms with Gasteiger partial charge in [-0.2, -0.15) is 10.2 Å². The summed E-state index contributed by atoms with van der Waals surface area (Å²) in [6, 6.07) is 10.2. The van der Waals surface area contributed by atoms with E-state index in [4.69, 9.17) is 14.4 Å². The lowest BCUT2D eigenvalue weighted by Crippen LogP contribution is -2.42. The number of nitrogens with zero attached hydrogens (tertiary/aromatic N) is 9. The van der Waals surface area contributed by atoms with E-state index >= 15 is 13.6 Å². The van der Waals surface area contributed by atoms with Crippen LogP contribution in [0.4, 0.5) is 8.78 Å². The molecule has 0 spiro atoms. The number of carbonyl (C=O) groups excluding carboxylic acids is 1. The highest BCUT2D eigenvalue weighted by Gasteiger charge is 2.53. The van der Waals surface area contributed by atoms with Gasteiger partial charge in [-0.1, -0.05) is 11.2 Å². The second kappa shape index (κ2) is 14.1. The number of hydrogen-bond acceptors (Lipinski definition) is 8. The summed E-state index contributed by atoms with van der Waals surface area (Å²) < 4.78 is 50.3. The molecule has 1 aliphatic carbocycles. The maximum Gasteiger partial charge on any atom is 0.438 e. The van der Waals surface area contributed by atoms with Crippen molar-refractivity contribution in [3.8, 4) is 22.6 Å². The van der Waals surface area contributed by atoms with E-state index in [1.165, 1.54) is 21.5 Å². The van der Waals surface area contributed by atoms with E-state index in [0.29, 0.717) is 70.1 Å². The van der Waals surface area contributed by atoms with E-state index in [1.54, 1.807) is 65.6 Å². The van der Waals surface area contributed by atoms with Gasteiger partial charge < -0.3 is 14.0 Å². The molecule has 2 aliphatic heterocycles. The number of nitrogens with one attached hydrogen (secondary N) is 1. The molecule has 1 saturated heterocycles. The van der Waals surface area contributed by atoms with Crippen LogP contribution < -0.4 is 11.4 Å². The van der Waals surface area contributed by atoms with Crippen LogP contribution in [0.1, 0.15) is 103 Å². The van der Waals surface area contributed by atoms with Crippen molar-refractivity contribution in [3.63, 3.8) is 0 Å². The van der Waals surface area contributed by atoms with E-state index < -0.39 is 28.7 Å². The van der Waals surface area contributed by atoms with Crippen molar-refractivity contribution in [3.05, 3.63) is 139 Å². The maximum absolute atomic E-state index is 16.1. The SMILES string of the molecule is Cc1cc(-c2nn3c(c2-n2ccn(-c4ccc5c(cnn5C)c4F)c2=O)[C@@H](C)N(C(=O)c2cn4cc([C@@H]5CCOC(C)(C)C5)ccc4c2C2(c4noc(=O)[nH]4)CC2)CC3)cc(C)c1F. The predicted molar refractivity (Wildman–Crippen MR) is 232 cm³/mol. The normalized spacial score (nSPS) is 19.2. The highest BCUT2D eigenvalue weighted by Crippen LogP contribution is 2.55. The number of amides is 1. The highest BCUT2D eigenvalue weighted by molar-refractivity contribution is 5.99. The van der Waals surface area contributed by atoms with Crippen LogP contribution in [0, 0.1) is 25.5 Å². The Bertz CT molecular complexity index is 3330. The van der Waals surface area contributed by atoms with E-state index in [2.05, 4.69) is 47.4 Å². The number of carbonyl (C=O) groups is 1. The summed E-state index contributed by atoms with van der Waals surface area (Å²) in [5.74, 6) is -1.22. The third-order valence-corrected chi connectivity index (χ3v) is 13.8. The van der Waals surface area contributed by atoms with Crippen LogP contribution in [0.3, 0.4) is 0 Å². The first-order chi connectivity index (χ1) is 30.6. The number of H-pyrrole nitrogens is 1. The first kappa shape index (κ1) is 39.9. The van der Waals surface area contributed by atoms with Crippen LogP contribution in [0.5, 0.6) is 0 Å². The van der Waals surface area contributed by atoms with E-state index in [-0.39, 0.29) is 47.4 Å². The molecule has 3 aliphatic rings. The molecular weight excluding hydrogens is 823 g/mol. The number of hydrogen-bond donors (Lipinski definition) is 1. The van der Waals surface area contributed by atoms with Crippen molar-refractivity contribution in [2.45, 2.75) is 89.8 Å². The molecule has 64 heavy (non-hydrogen) atoms. The minimum absolute atomic E-state index is 0.0459. The molecule has 1 amide bonds. The number of rotatable bonds is 7. The first-order valence-corrected chi connectivity index (χ1v) is 21.6. The summed E-state index contributed by atoms with van der Waals surface area (Å²) in [4.78, 5) is 47.0. The van der Waals surface area contributed by atoms with Crippen LogP contribution in [0.25, 0.3) is 39.1 Å². The molecule has 0 bridgehead atoms. The molecule has 6 aromatic heterocycles. The molecule has 1 N–H and O–H groups in total. The summed E-state index contributed by atoms with van der Waals surface area (Å²) in [6.07, 6.45) is 11.5. The van der Waals surface area contributed by atoms with Gasteiger partial charge >= 0.3 is 11.4 Å². The summed E-state index contributed by atoms with van der Waals surface area (Å²) >= 11 is 0. The van der Waals surface area contributed by atoms with Gasteiger partial charge in [0.25, 0.3) is 5.91 Å². The Hall–Kier alpha value is -6.88. The number of ether oxygens (including phenoxy) is 1.